The first-order valence-corrected chi connectivity index (χ1v) is 5.07. The fraction of sp³-hybridized carbons (Fsp3) is 0.600. The zero-order valence-corrected chi connectivity index (χ0v) is 8.94. The smallest absolute Gasteiger partial charge is 0.0313 e. The predicted molar refractivity (Wildman–Crippen MR) is 57.1 cm³/mol. The van der Waals surface area contributed by atoms with E-state index in [1.165, 1.54) is 11.4 Å². The first kappa shape index (κ1) is 9.72. The van der Waals surface area contributed by atoms with E-state index in [-0.39, 0.29) is 0 Å². The molecular formula is C10H17NS. The molecule has 0 bridgehead atoms. The third-order valence-corrected chi connectivity index (χ3v) is 2.35. The van der Waals surface area contributed by atoms with Gasteiger partial charge in [-0.3, -0.25) is 0 Å². The van der Waals surface area contributed by atoms with Gasteiger partial charge in [-0.15, -0.1) is 0 Å². The van der Waals surface area contributed by atoms with Crippen molar-refractivity contribution in [1.82, 2.24) is 4.57 Å². The first-order chi connectivity index (χ1) is 5.66. The van der Waals surface area contributed by atoms with Gasteiger partial charge in [0, 0.05) is 23.7 Å². The summed E-state index contributed by atoms with van der Waals surface area (Å²) < 4.78 is 2.34. The highest BCUT2D eigenvalue weighted by Gasteiger charge is 2.06. The number of hydrogen-bond donors (Lipinski definition) is 1. The number of rotatable bonds is 3. The van der Waals surface area contributed by atoms with Gasteiger partial charge in [0.1, 0.15) is 0 Å². The third kappa shape index (κ3) is 1.86. The second kappa shape index (κ2) is 4.04. The number of aromatic nitrogens is 1. The summed E-state index contributed by atoms with van der Waals surface area (Å²) in [7, 11) is 0. The van der Waals surface area contributed by atoms with E-state index in [4.69, 9.17) is 0 Å². The molecule has 0 saturated heterocycles. The summed E-state index contributed by atoms with van der Waals surface area (Å²) >= 11 is 4.25. The van der Waals surface area contributed by atoms with Crippen molar-refractivity contribution >= 4 is 12.6 Å². The zero-order chi connectivity index (χ0) is 9.14. The lowest BCUT2D eigenvalue weighted by Crippen LogP contribution is -2.06. The maximum absolute atomic E-state index is 4.25. The highest BCUT2D eigenvalue weighted by molar-refractivity contribution is 7.80. The van der Waals surface area contributed by atoms with Gasteiger partial charge >= 0.3 is 0 Å². The van der Waals surface area contributed by atoms with Crippen LogP contribution in [0.4, 0.5) is 0 Å². The van der Waals surface area contributed by atoms with E-state index in [1.807, 2.05) is 0 Å². The van der Waals surface area contributed by atoms with Crippen molar-refractivity contribution in [2.45, 2.75) is 33.2 Å². The lowest BCUT2D eigenvalue weighted by molar-refractivity contribution is 0.663. The third-order valence-electron chi connectivity index (χ3n) is 2.15. The Kier molecular flexibility index (Phi) is 3.27. The average molecular weight is 183 g/mol. The van der Waals surface area contributed by atoms with Gasteiger partial charge in [0.2, 0.25) is 0 Å². The van der Waals surface area contributed by atoms with Crippen molar-refractivity contribution in [3.05, 3.63) is 23.5 Å². The Labute approximate surface area is 80.2 Å². The van der Waals surface area contributed by atoms with Crippen molar-refractivity contribution in [2.24, 2.45) is 0 Å². The average Bonchev–Trinajstić information content (AvgIpc) is 2.34. The summed E-state index contributed by atoms with van der Waals surface area (Å²) in [4.78, 5) is 0. The first-order valence-electron chi connectivity index (χ1n) is 4.43. The van der Waals surface area contributed by atoms with Crippen molar-refractivity contribution in [1.29, 1.82) is 0 Å². The Bertz CT molecular complexity index is 250. The van der Waals surface area contributed by atoms with Crippen LogP contribution in [0.15, 0.2) is 12.1 Å². The highest BCUT2D eigenvalue weighted by Crippen LogP contribution is 2.17. The summed E-state index contributed by atoms with van der Waals surface area (Å²) in [6, 6.07) is 4.39. The van der Waals surface area contributed by atoms with Crippen LogP contribution in [0, 0.1) is 6.92 Å². The molecule has 1 heterocycles. The molecule has 0 amide bonds. The minimum absolute atomic E-state index is 0.610. The van der Waals surface area contributed by atoms with Gasteiger partial charge < -0.3 is 4.57 Å². The minimum Gasteiger partial charge on any atom is -0.348 e. The highest BCUT2D eigenvalue weighted by atomic mass is 32.1. The molecule has 0 aliphatic carbocycles. The molecule has 68 valence electrons. The van der Waals surface area contributed by atoms with Gasteiger partial charge in [0.25, 0.3) is 0 Å². The van der Waals surface area contributed by atoms with Crippen LogP contribution in [-0.2, 0) is 6.54 Å². The quantitative estimate of drug-likeness (QED) is 0.688. The van der Waals surface area contributed by atoms with Gasteiger partial charge in [0.15, 0.2) is 0 Å². The van der Waals surface area contributed by atoms with Crippen molar-refractivity contribution in [2.75, 3.05) is 5.75 Å². The molecule has 0 atom stereocenters. The molecule has 0 radical (unpaired) electrons. The van der Waals surface area contributed by atoms with Crippen LogP contribution in [0.1, 0.15) is 31.2 Å². The van der Waals surface area contributed by atoms with Crippen LogP contribution in [0.2, 0.25) is 0 Å². The van der Waals surface area contributed by atoms with E-state index in [1.54, 1.807) is 0 Å². The van der Waals surface area contributed by atoms with Crippen LogP contribution in [0.25, 0.3) is 0 Å². The Morgan fingerprint density at radius 3 is 2.58 bits per heavy atom. The van der Waals surface area contributed by atoms with Gasteiger partial charge in [-0.25, -0.2) is 0 Å². The van der Waals surface area contributed by atoms with E-state index in [2.05, 4.69) is 50.1 Å². The fourth-order valence-corrected chi connectivity index (χ4v) is 1.70. The molecule has 0 aromatic carbocycles. The van der Waals surface area contributed by atoms with Crippen molar-refractivity contribution in [3.8, 4) is 0 Å². The topological polar surface area (TPSA) is 4.93 Å². The second-order valence-corrected chi connectivity index (χ2v) is 3.88. The lowest BCUT2D eigenvalue weighted by Gasteiger charge is -2.12. The molecule has 0 aliphatic rings. The van der Waals surface area contributed by atoms with E-state index in [0.717, 1.165) is 12.3 Å². The van der Waals surface area contributed by atoms with Crippen LogP contribution >= 0.6 is 12.6 Å². The molecule has 0 spiro atoms. The summed E-state index contributed by atoms with van der Waals surface area (Å²) in [5, 5.41) is 0. The van der Waals surface area contributed by atoms with Crippen LogP contribution in [0.5, 0.6) is 0 Å². The molecule has 0 unspecified atom stereocenters. The Morgan fingerprint density at radius 2 is 2.08 bits per heavy atom. The molecule has 0 fully saturated rings. The molecule has 0 aliphatic heterocycles. The molecule has 2 heteroatoms. The second-order valence-electron chi connectivity index (χ2n) is 3.43. The van der Waals surface area contributed by atoms with E-state index in [9.17, 15) is 0 Å². The van der Waals surface area contributed by atoms with Crippen LogP contribution < -0.4 is 0 Å². The Balaban J connectivity index is 2.95. The number of thiol groups is 1. The fourth-order valence-electron chi connectivity index (χ4n) is 1.50. The van der Waals surface area contributed by atoms with Crippen molar-refractivity contribution < 1.29 is 0 Å². The largest absolute Gasteiger partial charge is 0.348 e. The monoisotopic (exact) mass is 183 g/mol. The van der Waals surface area contributed by atoms with Crippen LogP contribution in [0.3, 0.4) is 0 Å². The molecule has 1 aromatic heterocycles. The maximum atomic E-state index is 4.25. The summed E-state index contributed by atoms with van der Waals surface area (Å²) in [6.45, 7) is 7.62. The molecule has 1 aromatic rings. The Hall–Kier alpha value is -0.370. The van der Waals surface area contributed by atoms with Gasteiger partial charge in [0.05, 0.1) is 0 Å². The van der Waals surface area contributed by atoms with Crippen molar-refractivity contribution in [3.63, 3.8) is 0 Å². The Morgan fingerprint density at radius 1 is 1.42 bits per heavy atom. The number of aryl methyl sites for hydroxylation is 1. The summed E-state index contributed by atoms with van der Waals surface area (Å²) in [5.74, 6) is 1.52. The SMILES string of the molecule is Cc1ccc(C(C)C)n1CCS. The van der Waals surface area contributed by atoms with E-state index >= 15 is 0 Å². The molecule has 1 rings (SSSR count). The minimum atomic E-state index is 0.610. The summed E-state index contributed by atoms with van der Waals surface area (Å²) in [6.07, 6.45) is 0. The normalized spacial score (nSPS) is 11.1. The lowest BCUT2D eigenvalue weighted by atomic mass is 10.1. The molecule has 0 saturated carbocycles. The van der Waals surface area contributed by atoms with Gasteiger partial charge in [-0.2, -0.15) is 12.6 Å². The molecule has 0 N–H and O–H groups in total. The number of nitrogens with zero attached hydrogens (tertiary/aromatic N) is 1. The standard InChI is InChI=1S/C10H17NS/c1-8(2)10-5-4-9(3)11(10)6-7-12/h4-5,8,12H,6-7H2,1-3H3. The van der Waals surface area contributed by atoms with Gasteiger partial charge in [-0.1, -0.05) is 13.8 Å². The zero-order valence-electron chi connectivity index (χ0n) is 8.04. The number of hydrogen-bond acceptors (Lipinski definition) is 1. The van der Waals surface area contributed by atoms with Crippen LogP contribution in [-0.4, -0.2) is 10.3 Å². The van der Waals surface area contributed by atoms with Gasteiger partial charge in [-0.05, 0) is 25.0 Å². The molecule has 12 heavy (non-hydrogen) atoms. The van der Waals surface area contributed by atoms with E-state index < -0.39 is 0 Å². The molecule has 1 nitrogen and oxygen atoms in total. The predicted octanol–water partition coefficient (Wildman–Crippen LogP) is 2.85. The van der Waals surface area contributed by atoms with E-state index in [0.29, 0.717) is 5.92 Å². The molecular weight excluding hydrogens is 166 g/mol. The summed E-state index contributed by atoms with van der Waals surface area (Å²) in [5.41, 5.74) is 2.76. The maximum Gasteiger partial charge on any atom is 0.0313 e.